The molecule has 3 aromatic carbocycles. The fourth-order valence-electron chi connectivity index (χ4n) is 4.65. The van der Waals surface area contributed by atoms with Crippen LogP contribution < -0.4 is 7.16 Å². The number of hydrogen-bond donors (Lipinski definition) is 0. The molecule has 0 aromatic heterocycles. The molecule has 0 spiro atoms. The van der Waals surface area contributed by atoms with Gasteiger partial charge in [-0.25, -0.2) is 0 Å². The van der Waals surface area contributed by atoms with E-state index in [4.69, 9.17) is 0 Å². The van der Waals surface area contributed by atoms with E-state index in [1.165, 1.54) is 29.5 Å². The molecule has 0 nitrogen and oxygen atoms in total. The summed E-state index contributed by atoms with van der Waals surface area (Å²) < 4.78 is 3.39. The first kappa shape index (κ1) is 13.2. The number of aryl methyl sites for hydroxylation is 3. The SMILES string of the molecule is Cc1cc[c]2c(c1)-c1ccc3c4c(cc[c](c14)[Sn]2([CH3])[CH3])CC3. The fourth-order valence-corrected chi connectivity index (χ4v) is 13.4. The Labute approximate surface area is 136 Å². The van der Waals surface area contributed by atoms with Crippen LogP contribution >= 0.6 is 0 Å². The zero-order valence-corrected chi connectivity index (χ0v) is 16.3. The van der Waals surface area contributed by atoms with Crippen LogP contribution in [0, 0.1) is 6.92 Å². The zero-order valence-electron chi connectivity index (χ0n) is 13.5. The summed E-state index contributed by atoms with van der Waals surface area (Å²) in [5, 5.41) is 3.22. The molecule has 1 heterocycles. The van der Waals surface area contributed by atoms with Crippen molar-refractivity contribution in [1.29, 1.82) is 0 Å². The normalized spacial score (nSPS) is 16.9. The van der Waals surface area contributed by atoms with E-state index in [0.29, 0.717) is 0 Å². The summed E-state index contributed by atoms with van der Waals surface area (Å²) in [6.07, 6.45) is 2.46. The Kier molecular flexibility index (Phi) is 2.50. The quantitative estimate of drug-likeness (QED) is 0.508. The molecule has 0 atom stereocenters. The number of hydrogen-bond acceptors (Lipinski definition) is 0. The third-order valence-electron chi connectivity index (χ3n) is 5.81. The molecule has 0 fully saturated rings. The predicted molar refractivity (Wildman–Crippen MR) is 98.3 cm³/mol. The van der Waals surface area contributed by atoms with Gasteiger partial charge < -0.3 is 0 Å². The molecule has 0 unspecified atom stereocenters. The topological polar surface area (TPSA) is 0 Å². The van der Waals surface area contributed by atoms with Crippen molar-refractivity contribution < 1.29 is 0 Å². The van der Waals surface area contributed by atoms with E-state index in [0.717, 1.165) is 0 Å². The maximum absolute atomic E-state index is 2.59. The second-order valence-corrected chi connectivity index (χ2v) is 19.8. The maximum atomic E-state index is 2.59. The minimum atomic E-state index is -2.46. The number of benzene rings is 3. The van der Waals surface area contributed by atoms with Gasteiger partial charge in [-0.1, -0.05) is 0 Å². The average molecular weight is 391 g/mol. The van der Waals surface area contributed by atoms with E-state index in [-0.39, 0.29) is 0 Å². The van der Waals surface area contributed by atoms with Crippen molar-refractivity contribution in [3.8, 4) is 11.1 Å². The van der Waals surface area contributed by atoms with Crippen molar-refractivity contribution >= 4 is 36.3 Å². The van der Waals surface area contributed by atoms with E-state index in [9.17, 15) is 0 Å². The fraction of sp³-hybridized carbons (Fsp3) is 0.238. The monoisotopic (exact) mass is 392 g/mol. The Morgan fingerprint density at radius 1 is 0.727 bits per heavy atom. The van der Waals surface area contributed by atoms with Gasteiger partial charge in [0.25, 0.3) is 0 Å². The number of fused-ring (bicyclic) bond motifs is 2. The van der Waals surface area contributed by atoms with E-state index in [1.807, 2.05) is 0 Å². The molecule has 1 aliphatic heterocycles. The molecule has 1 heteroatoms. The van der Waals surface area contributed by atoms with Crippen LogP contribution in [0.4, 0.5) is 0 Å². The van der Waals surface area contributed by atoms with Gasteiger partial charge in [0, 0.05) is 0 Å². The average Bonchev–Trinajstić information content (AvgIpc) is 2.92. The van der Waals surface area contributed by atoms with Gasteiger partial charge in [-0.15, -0.1) is 0 Å². The van der Waals surface area contributed by atoms with Crippen LogP contribution in [0.25, 0.3) is 21.9 Å². The molecular formula is C21H20Sn. The summed E-state index contributed by atoms with van der Waals surface area (Å²) >= 11 is -2.46. The Bertz CT molecular complexity index is 953. The zero-order chi connectivity index (χ0) is 15.1. The van der Waals surface area contributed by atoms with Crippen molar-refractivity contribution in [2.24, 2.45) is 0 Å². The molecule has 0 radical (unpaired) electrons. The van der Waals surface area contributed by atoms with Gasteiger partial charge in [0.15, 0.2) is 0 Å². The van der Waals surface area contributed by atoms with Crippen LogP contribution in [0.1, 0.15) is 16.7 Å². The third-order valence-corrected chi connectivity index (χ3v) is 15.9. The molecule has 0 N–H and O–H groups in total. The predicted octanol–water partition coefficient (Wildman–Crippen LogP) is 4.05. The van der Waals surface area contributed by atoms with E-state index in [2.05, 4.69) is 59.3 Å². The Hall–Kier alpha value is -1.28. The first-order valence-corrected chi connectivity index (χ1v) is 16.8. The molecule has 22 heavy (non-hydrogen) atoms. The van der Waals surface area contributed by atoms with E-state index in [1.54, 1.807) is 29.1 Å². The summed E-state index contributed by atoms with van der Waals surface area (Å²) in [5.41, 5.74) is 7.56. The minimum absolute atomic E-state index is 1.23. The molecule has 2 aliphatic rings. The molecule has 108 valence electrons. The van der Waals surface area contributed by atoms with Crippen LogP contribution in [-0.4, -0.2) is 18.4 Å². The van der Waals surface area contributed by atoms with E-state index < -0.39 is 18.4 Å². The Morgan fingerprint density at radius 2 is 1.41 bits per heavy atom. The van der Waals surface area contributed by atoms with Gasteiger partial charge in [-0.3, -0.25) is 0 Å². The van der Waals surface area contributed by atoms with Crippen LogP contribution in [0.3, 0.4) is 0 Å². The summed E-state index contributed by atoms with van der Waals surface area (Å²) in [4.78, 5) is 5.18. The third kappa shape index (κ3) is 1.49. The Morgan fingerprint density at radius 3 is 2.18 bits per heavy atom. The summed E-state index contributed by atoms with van der Waals surface area (Å²) in [7, 11) is 0. The van der Waals surface area contributed by atoms with Gasteiger partial charge in [0.1, 0.15) is 0 Å². The molecule has 0 amide bonds. The second kappa shape index (κ2) is 4.17. The summed E-state index contributed by atoms with van der Waals surface area (Å²) in [5.74, 6) is 0. The van der Waals surface area contributed by atoms with Crippen molar-refractivity contribution in [3.63, 3.8) is 0 Å². The first-order chi connectivity index (χ1) is 10.6. The first-order valence-electron chi connectivity index (χ1n) is 8.27. The molecule has 0 saturated heterocycles. The summed E-state index contributed by atoms with van der Waals surface area (Å²) in [6.45, 7) is 2.22. The summed E-state index contributed by atoms with van der Waals surface area (Å²) in [6, 6.07) is 16.9. The van der Waals surface area contributed by atoms with Crippen LogP contribution in [-0.2, 0) is 12.8 Å². The number of rotatable bonds is 0. The molecule has 5 rings (SSSR count). The molecular weight excluding hydrogens is 371 g/mol. The van der Waals surface area contributed by atoms with Crippen molar-refractivity contribution in [1.82, 2.24) is 0 Å². The van der Waals surface area contributed by atoms with Crippen molar-refractivity contribution in [3.05, 3.63) is 59.2 Å². The molecule has 0 bridgehead atoms. The van der Waals surface area contributed by atoms with Crippen LogP contribution in [0.5, 0.6) is 0 Å². The van der Waals surface area contributed by atoms with Crippen LogP contribution in [0.15, 0.2) is 42.5 Å². The van der Waals surface area contributed by atoms with E-state index >= 15 is 0 Å². The molecule has 3 aromatic rings. The van der Waals surface area contributed by atoms with Crippen LogP contribution in [0.2, 0.25) is 9.88 Å². The molecule has 1 aliphatic carbocycles. The van der Waals surface area contributed by atoms with Gasteiger partial charge in [0.05, 0.1) is 0 Å². The van der Waals surface area contributed by atoms with Gasteiger partial charge >= 0.3 is 136 Å². The van der Waals surface area contributed by atoms with Crippen molar-refractivity contribution in [2.45, 2.75) is 29.6 Å². The molecule has 0 saturated carbocycles. The van der Waals surface area contributed by atoms with Gasteiger partial charge in [-0.05, 0) is 0 Å². The Balaban J connectivity index is 2.05. The standard InChI is InChI=1S/C19H14.2CH3.Sn/c1-13-4-2-6-16(12-13)17-11-10-15-9-8-14-5-3-7-18(17)19(14)15;;;/h2-5,10-12H,8-9H2,1H3;2*1H3;. The van der Waals surface area contributed by atoms with Crippen molar-refractivity contribution in [2.75, 3.05) is 0 Å². The van der Waals surface area contributed by atoms with Gasteiger partial charge in [0.2, 0.25) is 0 Å². The van der Waals surface area contributed by atoms with Gasteiger partial charge in [-0.2, -0.15) is 0 Å². The second-order valence-electron chi connectivity index (χ2n) is 7.47.